The Balaban J connectivity index is 2.35. The molecule has 1 aromatic rings. The van der Waals surface area contributed by atoms with Gasteiger partial charge in [0.2, 0.25) is 5.16 Å². The number of halogens is 1. The fourth-order valence-electron chi connectivity index (χ4n) is 1.52. The molecule has 7 heteroatoms. The maximum Gasteiger partial charge on any atom is 0.294 e. The second-order valence-corrected chi connectivity index (χ2v) is 4.59. The van der Waals surface area contributed by atoms with Crippen molar-refractivity contribution >= 4 is 23.4 Å². The van der Waals surface area contributed by atoms with Crippen LogP contribution in [0.2, 0.25) is 0 Å². The summed E-state index contributed by atoms with van der Waals surface area (Å²) in [7, 11) is 0. The molecule has 15 heavy (non-hydrogen) atoms. The Morgan fingerprint density at radius 1 is 1.67 bits per heavy atom. The van der Waals surface area contributed by atoms with E-state index in [9.17, 15) is 4.79 Å². The van der Waals surface area contributed by atoms with Crippen molar-refractivity contribution < 1.29 is 0 Å². The summed E-state index contributed by atoms with van der Waals surface area (Å²) in [5.41, 5.74) is 0.188. The highest BCUT2D eigenvalue weighted by atomic mass is 35.5. The van der Waals surface area contributed by atoms with Gasteiger partial charge in [-0.3, -0.25) is 4.79 Å². The largest absolute Gasteiger partial charge is 0.334 e. The van der Waals surface area contributed by atoms with E-state index < -0.39 is 0 Å². The summed E-state index contributed by atoms with van der Waals surface area (Å²) in [5, 5.41) is 8.25. The summed E-state index contributed by atoms with van der Waals surface area (Å²) < 4.78 is 1.05. The van der Waals surface area contributed by atoms with E-state index >= 15 is 0 Å². The SMILES string of the molecule is CSc1nnc(C2CC2CCl)c(=O)n1N. The van der Waals surface area contributed by atoms with E-state index in [1.165, 1.54) is 11.8 Å². The van der Waals surface area contributed by atoms with Crippen LogP contribution in [0.3, 0.4) is 0 Å². The van der Waals surface area contributed by atoms with Crippen LogP contribution in [0.4, 0.5) is 0 Å². The summed E-state index contributed by atoms with van der Waals surface area (Å²) in [6.45, 7) is 0. The van der Waals surface area contributed by atoms with Crippen molar-refractivity contribution in [3.05, 3.63) is 16.0 Å². The molecule has 1 aliphatic carbocycles. The summed E-state index contributed by atoms with van der Waals surface area (Å²) in [6.07, 6.45) is 2.71. The molecule has 1 aliphatic rings. The Bertz CT molecular complexity index is 435. The van der Waals surface area contributed by atoms with Crippen LogP contribution in [0, 0.1) is 5.92 Å². The average molecular weight is 247 g/mol. The lowest BCUT2D eigenvalue weighted by atomic mass is 10.2. The monoisotopic (exact) mass is 246 g/mol. The predicted molar refractivity (Wildman–Crippen MR) is 59.8 cm³/mol. The minimum atomic E-state index is -0.257. The van der Waals surface area contributed by atoms with E-state index in [0.29, 0.717) is 22.6 Å². The maximum atomic E-state index is 11.8. The third kappa shape index (κ3) is 1.83. The summed E-state index contributed by atoms with van der Waals surface area (Å²) in [4.78, 5) is 11.8. The van der Waals surface area contributed by atoms with Gasteiger partial charge in [-0.25, -0.2) is 0 Å². The van der Waals surface area contributed by atoms with Crippen LogP contribution >= 0.6 is 23.4 Å². The second-order valence-electron chi connectivity index (χ2n) is 3.50. The lowest BCUT2D eigenvalue weighted by Gasteiger charge is -2.04. The Morgan fingerprint density at radius 2 is 2.40 bits per heavy atom. The molecule has 2 N–H and O–H groups in total. The topological polar surface area (TPSA) is 73.8 Å². The van der Waals surface area contributed by atoms with Crippen molar-refractivity contribution in [1.29, 1.82) is 0 Å². The number of nitrogens with zero attached hydrogens (tertiary/aromatic N) is 3. The van der Waals surface area contributed by atoms with Gasteiger partial charge in [0.15, 0.2) is 0 Å². The lowest BCUT2D eigenvalue weighted by molar-refractivity contribution is 0.660. The van der Waals surface area contributed by atoms with Gasteiger partial charge < -0.3 is 5.84 Å². The first-order valence-corrected chi connectivity index (χ1v) is 6.29. The van der Waals surface area contributed by atoms with E-state index in [0.717, 1.165) is 11.1 Å². The van der Waals surface area contributed by atoms with Gasteiger partial charge in [0.05, 0.1) is 0 Å². The van der Waals surface area contributed by atoms with Gasteiger partial charge in [0.1, 0.15) is 5.69 Å². The minimum absolute atomic E-state index is 0.146. The van der Waals surface area contributed by atoms with Crippen LogP contribution < -0.4 is 11.4 Å². The first-order valence-electron chi connectivity index (χ1n) is 4.53. The van der Waals surface area contributed by atoms with Crippen LogP contribution in [-0.2, 0) is 0 Å². The van der Waals surface area contributed by atoms with Crippen molar-refractivity contribution in [3.8, 4) is 0 Å². The molecule has 82 valence electrons. The van der Waals surface area contributed by atoms with Gasteiger partial charge in [-0.2, -0.15) is 4.68 Å². The molecule has 0 saturated heterocycles. The Morgan fingerprint density at radius 3 is 2.93 bits per heavy atom. The van der Waals surface area contributed by atoms with Crippen LogP contribution in [0.1, 0.15) is 18.0 Å². The Kier molecular flexibility index (Phi) is 2.88. The number of aromatic nitrogens is 3. The summed E-state index contributed by atoms with van der Waals surface area (Å²) in [6, 6.07) is 0. The molecule has 2 rings (SSSR count). The average Bonchev–Trinajstić information content (AvgIpc) is 3.01. The fraction of sp³-hybridized carbons (Fsp3) is 0.625. The molecular weight excluding hydrogens is 236 g/mol. The Labute approximate surface area is 96.0 Å². The molecule has 5 nitrogen and oxygen atoms in total. The van der Waals surface area contributed by atoms with Crippen molar-refractivity contribution in [2.45, 2.75) is 17.5 Å². The molecule has 2 unspecified atom stereocenters. The predicted octanol–water partition coefficient (Wildman–Crippen LogP) is 0.416. The van der Waals surface area contributed by atoms with Gasteiger partial charge in [-0.1, -0.05) is 11.8 Å². The third-order valence-electron chi connectivity index (χ3n) is 2.54. The molecule has 0 radical (unpaired) electrons. The fourth-order valence-corrected chi connectivity index (χ4v) is 2.27. The molecule has 0 amide bonds. The van der Waals surface area contributed by atoms with Gasteiger partial charge in [0, 0.05) is 11.8 Å². The molecule has 0 bridgehead atoms. The summed E-state index contributed by atoms with van der Waals surface area (Å²) in [5.74, 6) is 6.65. The number of hydrogen-bond donors (Lipinski definition) is 1. The van der Waals surface area contributed by atoms with Gasteiger partial charge >= 0.3 is 0 Å². The molecule has 0 aromatic carbocycles. The maximum absolute atomic E-state index is 11.8. The second kappa shape index (κ2) is 4.02. The van der Waals surface area contributed by atoms with Crippen LogP contribution in [0.25, 0.3) is 0 Å². The zero-order valence-electron chi connectivity index (χ0n) is 8.18. The van der Waals surface area contributed by atoms with Crippen molar-refractivity contribution in [3.63, 3.8) is 0 Å². The highest BCUT2D eigenvalue weighted by molar-refractivity contribution is 7.98. The minimum Gasteiger partial charge on any atom is -0.334 e. The lowest BCUT2D eigenvalue weighted by Crippen LogP contribution is -2.33. The normalized spacial score (nSPS) is 24.1. The van der Waals surface area contributed by atoms with Gasteiger partial charge in [0.25, 0.3) is 5.56 Å². The molecule has 1 aromatic heterocycles. The third-order valence-corrected chi connectivity index (χ3v) is 3.58. The molecule has 1 fully saturated rings. The van der Waals surface area contributed by atoms with Crippen LogP contribution in [-0.4, -0.2) is 27.0 Å². The molecule has 0 aliphatic heterocycles. The molecule has 1 heterocycles. The van der Waals surface area contributed by atoms with Gasteiger partial charge in [-0.15, -0.1) is 21.8 Å². The molecule has 2 atom stereocenters. The van der Waals surface area contributed by atoms with E-state index in [4.69, 9.17) is 17.4 Å². The first-order chi connectivity index (χ1) is 7.19. The van der Waals surface area contributed by atoms with E-state index in [1.807, 2.05) is 0 Å². The number of hydrogen-bond acceptors (Lipinski definition) is 5. The van der Waals surface area contributed by atoms with Crippen molar-refractivity contribution in [2.75, 3.05) is 18.0 Å². The number of nitrogens with two attached hydrogens (primary N) is 1. The number of alkyl halides is 1. The highest BCUT2D eigenvalue weighted by Crippen LogP contribution is 2.45. The number of rotatable bonds is 3. The standard InChI is InChI=1S/C8H11ClN4OS/c1-15-8-12-11-6(7(14)13(8)10)5-2-4(5)3-9/h4-5H,2-3,10H2,1H3. The van der Waals surface area contributed by atoms with Crippen molar-refractivity contribution in [1.82, 2.24) is 14.9 Å². The van der Waals surface area contributed by atoms with Gasteiger partial charge in [-0.05, 0) is 18.6 Å². The van der Waals surface area contributed by atoms with E-state index in [2.05, 4.69) is 10.2 Å². The molecule has 1 saturated carbocycles. The zero-order chi connectivity index (χ0) is 11.0. The first kappa shape index (κ1) is 10.8. The smallest absolute Gasteiger partial charge is 0.294 e. The molecule has 0 spiro atoms. The summed E-state index contributed by atoms with van der Waals surface area (Å²) >= 11 is 7.00. The molecular formula is C8H11ClN4OS. The number of thioether (sulfide) groups is 1. The van der Waals surface area contributed by atoms with E-state index in [-0.39, 0.29) is 11.5 Å². The number of nitrogen functional groups attached to an aromatic ring is 1. The quantitative estimate of drug-likeness (QED) is 0.475. The zero-order valence-corrected chi connectivity index (χ0v) is 9.75. The van der Waals surface area contributed by atoms with E-state index in [1.54, 1.807) is 6.26 Å². The van der Waals surface area contributed by atoms with Crippen LogP contribution in [0.15, 0.2) is 9.95 Å². The highest BCUT2D eigenvalue weighted by Gasteiger charge is 2.41. The van der Waals surface area contributed by atoms with Crippen LogP contribution in [0.5, 0.6) is 0 Å². The van der Waals surface area contributed by atoms with Crippen molar-refractivity contribution in [2.24, 2.45) is 5.92 Å². The Hall–Kier alpha value is -0.750.